The fourth-order valence-corrected chi connectivity index (χ4v) is 3.54. The van der Waals surface area contributed by atoms with Gasteiger partial charge in [0, 0.05) is 11.8 Å². The van der Waals surface area contributed by atoms with E-state index in [1.54, 1.807) is 23.1 Å². The van der Waals surface area contributed by atoms with Gasteiger partial charge in [0.05, 0.1) is 24.5 Å². The van der Waals surface area contributed by atoms with E-state index in [-0.39, 0.29) is 6.73 Å². The number of hydrogen-bond donors (Lipinski definition) is 3. The highest BCUT2D eigenvalue weighted by Crippen LogP contribution is 2.35. The van der Waals surface area contributed by atoms with Crippen LogP contribution < -0.4 is 15.0 Å². The van der Waals surface area contributed by atoms with Gasteiger partial charge in [-0.05, 0) is 35.4 Å². The van der Waals surface area contributed by atoms with E-state index in [2.05, 4.69) is 9.62 Å². The van der Waals surface area contributed by atoms with Crippen LogP contribution in [0.4, 0.5) is 5.82 Å². The van der Waals surface area contributed by atoms with Crippen LogP contribution in [-0.4, -0.2) is 19.6 Å². The molecule has 0 aliphatic heterocycles. The number of nitrogens with two attached hydrogens (primary N) is 1. The number of anilines is 1. The molecule has 2 aromatic heterocycles. The van der Waals surface area contributed by atoms with Crippen LogP contribution in [0.3, 0.4) is 0 Å². The van der Waals surface area contributed by atoms with Crippen LogP contribution in [-0.2, 0) is 29.0 Å². The van der Waals surface area contributed by atoms with Crippen molar-refractivity contribution in [1.82, 2.24) is 9.78 Å². The van der Waals surface area contributed by atoms with Crippen molar-refractivity contribution in [2.45, 2.75) is 19.9 Å². The number of nitrogens with zero attached hydrogens (tertiary/aromatic N) is 3. The van der Waals surface area contributed by atoms with Crippen LogP contribution in [0.25, 0.3) is 11.1 Å². The smallest absolute Gasteiger partial charge is 0.472 e. The maximum Gasteiger partial charge on any atom is 0.472 e. The molecule has 0 unspecified atom stereocenters. The molecule has 4 aromatic rings. The molecule has 2 aromatic carbocycles. The Kier molecular flexibility index (Phi) is 6.86. The largest absolute Gasteiger partial charge is 0.489 e. The van der Waals surface area contributed by atoms with Crippen molar-refractivity contribution in [3.63, 3.8) is 0 Å². The van der Waals surface area contributed by atoms with Crippen molar-refractivity contribution in [3.05, 3.63) is 96.4 Å². The van der Waals surface area contributed by atoms with Gasteiger partial charge in [0.15, 0.2) is 0 Å². The van der Waals surface area contributed by atoms with Gasteiger partial charge >= 0.3 is 7.82 Å². The van der Waals surface area contributed by atoms with Crippen molar-refractivity contribution in [1.29, 1.82) is 0 Å². The molecule has 0 aliphatic rings. The Bertz CT molecular complexity index is 1260. The number of hydrogen-bond acceptors (Lipinski definition) is 5. The topological polar surface area (TPSA) is 124 Å². The van der Waals surface area contributed by atoms with Crippen LogP contribution in [0, 0.1) is 0 Å². The zero-order valence-electron chi connectivity index (χ0n) is 17.7. The molecule has 9 nitrogen and oxygen atoms in total. The van der Waals surface area contributed by atoms with Gasteiger partial charge in [-0.25, -0.2) is 13.7 Å². The maximum atomic E-state index is 11.0. The summed E-state index contributed by atoms with van der Waals surface area (Å²) in [7, 11) is -4.60. The zero-order valence-corrected chi connectivity index (χ0v) is 18.6. The van der Waals surface area contributed by atoms with Crippen molar-refractivity contribution in [2.24, 2.45) is 0 Å². The van der Waals surface area contributed by atoms with E-state index in [9.17, 15) is 4.57 Å². The normalized spacial score (nSPS) is 11.5. The Balaban J connectivity index is 1.40. The number of phosphoric ester groups is 1. The summed E-state index contributed by atoms with van der Waals surface area (Å²) >= 11 is 0. The summed E-state index contributed by atoms with van der Waals surface area (Å²) in [6, 6.07) is 21.4. The third-order valence-electron chi connectivity index (χ3n) is 4.94. The minimum absolute atomic E-state index is 0.311. The van der Waals surface area contributed by atoms with Gasteiger partial charge in [0.2, 0.25) is 6.73 Å². The second-order valence-electron chi connectivity index (χ2n) is 7.37. The molecule has 4 N–H and O–H groups in total. The molecule has 170 valence electrons. The van der Waals surface area contributed by atoms with Gasteiger partial charge in [0.25, 0.3) is 5.82 Å². The van der Waals surface area contributed by atoms with Crippen molar-refractivity contribution in [2.75, 3.05) is 5.73 Å². The van der Waals surface area contributed by atoms with Gasteiger partial charge in [-0.1, -0.05) is 42.5 Å². The Labute approximate surface area is 190 Å². The van der Waals surface area contributed by atoms with Gasteiger partial charge in [-0.3, -0.25) is 10.4 Å². The number of pyridine rings is 1. The van der Waals surface area contributed by atoms with Crippen LogP contribution in [0.5, 0.6) is 5.75 Å². The first-order chi connectivity index (χ1) is 15.9. The Morgan fingerprint density at radius 1 is 1.00 bits per heavy atom. The average molecular weight is 467 g/mol. The fourth-order valence-electron chi connectivity index (χ4n) is 3.27. The van der Waals surface area contributed by atoms with E-state index in [0.29, 0.717) is 24.5 Å². The maximum absolute atomic E-state index is 11.0. The number of rotatable bonds is 9. The highest BCUT2D eigenvalue weighted by Gasteiger charge is 2.19. The fraction of sp³-hybridized carbons (Fsp3) is 0.130. The molecule has 0 fully saturated rings. The summed E-state index contributed by atoms with van der Waals surface area (Å²) in [5.41, 5.74) is 9.80. The molecule has 0 aliphatic carbocycles. The van der Waals surface area contributed by atoms with Crippen molar-refractivity contribution in [3.8, 4) is 16.9 Å². The molecular formula is C23H24N4O5P+. The Morgan fingerprint density at radius 3 is 2.48 bits per heavy atom. The van der Waals surface area contributed by atoms with Crippen LogP contribution in [0.1, 0.15) is 11.1 Å². The summed E-state index contributed by atoms with van der Waals surface area (Å²) in [5, 5.41) is 4.41. The summed E-state index contributed by atoms with van der Waals surface area (Å²) in [4.78, 5) is 17.8. The third kappa shape index (κ3) is 6.27. The SMILES string of the molecule is Nc1c(-c2cnn(Cc3ccc(OCc4ccccc4)cc3)c2)ccc[n+]1COP(=O)(O)O. The predicted octanol–water partition coefficient (Wildman–Crippen LogP) is 3.11. The number of nitrogen functional groups attached to an aromatic ring is 1. The van der Waals surface area contributed by atoms with Gasteiger partial charge in [-0.15, -0.1) is 0 Å². The lowest BCUT2D eigenvalue weighted by Crippen LogP contribution is -2.38. The Morgan fingerprint density at radius 2 is 1.76 bits per heavy atom. The summed E-state index contributed by atoms with van der Waals surface area (Å²) in [6.45, 7) is 0.713. The van der Waals surface area contributed by atoms with Crippen molar-refractivity contribution < 1.29 is 28.2 Å². The van der Waals surface area contributed by atoms with Gasteiger partial charge < -0.3 is 14.5 Å². The van der Waals surface area contributed by atoms with E-state index in [1.165, 1.54) is 4.57 Å². The quantitative estimate of drug-likeness (QED) is 0.255. The first kappa shape index (κ1) is 22.7. The molecule has 0 radical (unpaired) electrons. The molecule has 0 saturated heterocycles. The monoisotopic (exact) mass is 467 g/mol. The molecule has 2 heterocycles. The number of ether oxygens (including phenoxy) is 1. The van der Waals surface area contributed by atoms with E-state index in [4.69, 9.17) is 20.3 Å². The zero-order chi connectivity index (χ0) is 23.3. The van der Waals surface area contributed by atoms with Gasteiger partial charge in [-0.2, -0.15) is 5.10 Å². The van der Waals surface area contributed by atoms with Crippen LogP contribution in [0.15, 0.2) is 85.3 Å². The molecule has 0 spiro atoms. The first-order valence-corrected chi connectivity index (χ1v) is 11.7. The molecule has 0 saturated carbocycles. The standard InChI is InChI=1S/C23H23N4O5P/c24-23-22(7-4-12-26(23)17-32-33(28,29)30)20-13-25-27(15-20)14-18-8-10-21(11-9-18)31-16-19-5-2-1-3-6-19/h1-13,15,24H,14,16-17H2,(H2,28,29,30)/p+1. The van der Waals surface area contributed by atoms with Gasteiger partial charge in [0.1, 0.15) is 12.4 Å². The number of phosphoric acid groups is 1. The Hall–Kier alpha value is -3.49. The second kappa shape index (κ2) is 9.97. The minimum atomic E-state index is -4.60. The summed E-state index contributed by atoms with van der Waals surface area (Å²) < 4.78 is 24.5. The predicted molar refractivity (Wildman–Crippen MR) is 122 cm³/mol. The molecule has 0 bridgehead atoms. The number of aromatic nitrogens is 3. The molecule has 10 heteroatoms. The molecule has 4 rings (SSSR count). The highest BCUT2D eigenvalue weighted by atomic mass is 31.2. The molecule has 0 amide bonds. The second-order valence-corrected chi connectivity index (χ2v) is 8.61. The summed E-state index contributed by atoms with van der Waals surface area (Å²) in [5.74, 6) is 1.10. The highest BCUT2D eigenvalue weighted by molar-refractivity contribution is 7.46. The minimum Gasteiger partial charge on any atom is -0.489 e. The third-order valence-corrected chi connectivity index (χ3v) is 5.39. The van der Waals surface area contributed by atoms with E-state index >= 15 is 0 Å². The molecule has 0 atom stereocenters. The lowest BCUT2D eigenvalue weighted by Gasteiger charge is -2.08. The van der Waals surface area contributed by atoms with Crippen molar-refractivity contribution >= 4 is 13.6 Å². The van der Waals surface area contributed by atoms with E-state index < -0.39 is 7.82 Å². The lowest BCUT2D eigenvalue weighted by molar-refractivity contribution is -0.711. The van der Waals surface area contributed by atoms with Crippen LogP contribution >= 0.6 is 7.82 Å². The van der Waals surface area contributed by atoms with E-state index in [1.807, 2.05) is 66.9 Å². The number of benzene rings is 2. The summed E-state index contributed by atoms with van der Waals surface area (Å²) in [6.07, 6.45) is 5.14. The van der Waals surface area contributed by atoms with E-state index in [0.717, 1.165) is 22.4 Å². The molecular weight excluding hydrogens is 443 g/mol. The lowest BCUT2D eigenvalue weighted by atomic mass is 10.1. The first-order valence-electron chi connectivity index (χ1n) is 10.1. The van der Waals surface area contributed by atoms with Crippen LogP contribution in [0.2, 0.25) is 0 Å². The molecule has 33 heavy (non-hydrogen) atoms. The average Bonchev–Trinajstić information content (AvgIpc) is 3.26.